The molecule has 0 bridgehead atoms. The number of amides is 3. The Kier molecular flexibility index (Phi) is 7.28. The van der Waals surface area contributed by atoms with Crippen molar-refractivity contribution in [3.05, 3.63) is 89.5 Å². The number of rotatable bonds is 4. The molecule has 2 aliphatic rings. The third-order valence-electron chi connectivity index (χ3n) is 6.92. The standard InChI is InChI=1S/C31H33N3O5/c1-31(2,3)39-29(36)32-22-10-8-9-21(19-22)28(35)33-15-17-34(18-16-33)30(37)38-20-27-25-13-6-4-11-23(25)24-12-5-7-14-26(24)27/h4-14,19,27H,15-18,20H2,1-3H3,(H,32,36). The molecule has 0 radical (unpaired) electrons. The Morgan fingerprint density at radius 2 is 1.41 bits per heavy atom. The Hall–Kier alpha value is -4.33. The fourth-order valence-electron chi connectivity index (χ4n) is 5.11. The van der Waals surface area contributed by atoms with E-state index in [-0.39, 0.29) is 24.5 Å². The number of nitrogens with zero attached hydrogens (tertiary/aromatic N) is 2. The van der Waals surface area contributed by atoms with Crippen LogP contribution in [-0.2, 0) is 9.47 Å². The number of carbonyl (C=O) groups excluding carboxylic acids is 3. The summed E-state index contributed by atoms with van der Waals surface area (Å²) >= 11 is 0. The second kappa shape index (κ2) is 10.8. The van der Waals surface area contributed by atoms with Crippen LogP contribution in [0.5, 0.6) is 0 Å². The monoisotopic (exact) mass is 527 g/mol. The van der Waals surface area contributed by atoms with Crippen LogP contribution in [0.25, 0.3) is 11.1 Å². The van der Waals surface area contributed by atoms with Gasteiger partial charge in [-0.25, -0.2) is 9.59 Å². The molecular formula is C31H33N3O5. The Morgan fingerprint density at radius 1 is 0.821 bits per heavy atom. The maximum atomic E-state index is 13.1. The summed E-state index contributed by atoms with van der Waals surface area (Å²) in [5.41, 5.74) is 5.03. The van der Waals surface area contributed by atoms with Crippen LogP contribution in [0.3, 0.4) is 0 Å². The van der Waals surface area contributed by atoms with Gasteiger partial charge in [-0.05, 0) is 61.2 Å². The molecule has 3 amide bonds. The van der Waals surface area contributed by atoms with E-state index in [1.807, 2.05) is 24.3 Å². The third-order valence-corrected chi connectivity index (χ3v) is 6.92. The number of piperazine rings is 1. The minimum atomic E-state index is -0.621. The highest BCUT2D eigenvalue weighted by Gasteiger charge is 2.31. The first kappa shape index (κ1) is 26.3. The van der Waals surface area contributed by atoms with Crippen molar-refractivity contribution < 1.29 is 23.9 Å². The van der Waals surface area contributed by atoms with Gasteiger partial charge in [0.2, 0.25) is 0 Å². The largest absolute Gasteiger partial charge is 0.448 e. The summed E-state index contributed by atoms with van der Waals surface area (Å²) in [6, 6.07) is 23.2. The Labute approximate surface area is 228 Å². The van der Waals surface area contributed by atoms with Crippen molar-refractivity contribution in [2.24, 2.45) is 0 Å². The van der Waals surface area contributed by atoms with Crippen LogP contribution in [0.15, 0.2) is 72.8 Å². The number of hydrogen-bond donors (Lipinski definition) is 1. The van der Waals surface area contributed by atoms with Crippen LogP contribution in [0.4, 0.5) is 15.3 Å². The molecule has 0 spiro atoms. The van der Waals surface area contributed by atoms with E-state index in [4.69, 9.17) is 9.47 Å². The molecule has 8 heteroatoms. The number of ether oxygens (including phenoxy) is 2. The first-order chi connectivity index (χ1) is 18.7. The van der Waals surface area contributed by atoms with Gasteiger partial charge in [0.05, 0.1) is 0 Å². The first-order valence-electron chi connectivity index (χ1n) is 13.2. The number of nitrogens with one attached hydrogen (secondary N) is 1. The van der Waals surface area contributed by atoms with E-state index in [0.29, 0.717) is 37.4 Å². The summed E-state index contributed by atoms with van der Waals surface area (Å²) in [4.78, 5) is 41.5. The molecule has 8 nitrogen and oxygen atoms in total. The van der Waals surface area contributed by atoms with Gasteiger partial charge in [-0.2, -0.15) is 0 Å². The van der Waals surface area contributed by atoms with Crippen molar-refractivity contribution in [2.75, 3.05) is 38.1 Å². The SMILES string of the molecule is CC(C)(C)OC(=O)Nc1cccc(C(=O)N2CCN(C(=O)OCC3c4ccccc4-c4ccccc43)CC2)c1. The number of benzene rings is 3. The van der Waals surface area contributed by atoms with Gasteiger partial charge in [0.15, 0.2) is 0 Å². The van der Waals surface area contributed by atoms with Crippen LogP contribution in [0.1, 0.15) is 48.2 Å². The van der Waals surface area contributed by atoms with Crippen molar-refractivity contribution in [1.29, 1.82) is 0 Å². The Bertz CT molecular complexity index is 1340. The topological polar surface area (TPSA) is 88.2 Å². The van der Waals surface area contributed by atoms with Gasteiger partial charge in [-0.15, -0.1) is 0 Å². The summed E-state index contributed by atoms with van der Waals surface area (Å²) in [7, 11) is 0. The lowest BCUT2D eigenvalue weighted by Gasteiger charge is -2.34. The van der Waals surface area contributed by atoms with Gasteiger partial charge in [0.25, 0.3) is 5.91 Å². The van der Waals surface area contributed by atoms with Crippen molar-refractivity contribution >= 4 is 23.8 Å². The molecule has 0 atom stereocenters. The molecule has 1 aliphatic carbocycles. The molecular weight excluding hydrogens is 494 g/mol. The molecule has 1 heterocycles. The fourth-order valence-corrected chi connectivity index (χ4v) is 5.11. The lowest BCUT2D eigenvalue weighted by molar-refractivity contribution is 0.0554. The molecule has 1 aliphatic heterocycles. The molecule has 1 fully saturated rings. The van der Waals surface area contributed by atoms with E-state index in [1.54, 1.807) is 54.8 Å². The zero-order chi connectivity index (χ0) is 27.6. The summed E-state index contributed by atoms with van der Waals surface area (Å²) in [5, 5.41) is 2.67. The van der Waals surface area contributed by atoms with Gasteiger partial charge >= 0.3 is 12.2 Å². The van der Waals surface area contributed by atoms with Crippen LogP contribution in [0, 0.1) is 0 Å². The lowest BCUT2D eigenvalue weighted by Crippen LogP contribution is -2.50. The lowest BCUT2D eigenvalue weighted by atomic mass is 9.98. The number of fused-ring (bicyclic) bond motifs is 3. The van der Waals surface area contributed by atoms with Gasteiger partial charge < -0.3 is 19.3 Å². The summed E-state index contributed by atoms with van der Waals surface area (Å²) in [6.07, 6.45) is -0.948. The predicted octanol–water partition coefficient (Wildman–Crippen LogP) is 5.74. The molecule has 3 aromatic carbocycles. The van der Waals surface area contributed by atoms with Gasteiger partial charge in [0.1, 0.15) is 12.2 Å². The average molecular weight is 528 g/mol. The third kappa shape index (κ3) is 5.90. The molecule has 1 saturated heterocycles. The summed E-state index contributed by atoms with van der Waals surface area (Å²) < 4.78 is 11.1. The molecule has 202 valence electrons. The molecule has 1 N–H and O–H groups in total. The average Bonchev–Trinajstić information content (AvgIpc) is 3.24. The van der Waals surface area contributed by atoms with E-state index in [1.165, 1.54) is 22.3 Å². The Morgan fingerprint density at radius 3 is 2.03 bits per heavy atom. The maximum absolute atomic E-state index is 13.1. The highest BCUT2D eigenvalue weighted by atomic mass is 16.6. The minimum Gasteiger partial charge on any atom is -0.448 e. The van der Waals surface area contributed by atoms with Crippen molar-refractivity contribution in [3.8, 4) is 11.1 Å². The summed E-state index contributed by atoms with van der Waals surface area (Å²) in [6.45, 7) is 7.19. The maximum Gasteiger partial charge on any atom is 0.412 e. The fraction of sp³-hybridized carbons (Fsp3) is 0.323. The van der Waals surface area contributed by atoms with Crippen LogP contribution in [0.2, 0.25) is 0 Å². The minimum absolute atomic E-state index is 0.00535. The predicted molar refractivity (Wildman–Crippen MR) is 149 cm³/mol. The van der Waals surface area contributed by atoms with Crippen molar-refractivity contribution in [3.63, 3.8) is 0 Å². The van der Waals surface area contributed by atoms with E-state index in [0.717, 1.165) is 0 Å². The zero-order valence-corrected chi connectivity index (χ0v) is 22.5. The molecule has 5 rings (SSSR count). The highest BCUT2D eigenvalue weighted by molar-refractivity contribution is 5.96. The van der Waals surface area contributed by atoms with Crippen LogP contribution >= 0.6 is 0 Å². The van der Waals surface area contributed by atoms with Gasteiger partial charge in [-0.1, -0.05) is 54.6 Å². The van der Waals surface area contributed by atoms with Crippen molar-refractivity contribution in [1.82, 2.24) is 9.80 Å². The number of hydrogen-bond acceptors (Lipinski definition) is 5. The zero-order valence-electron chi connectivity index (χ0n) is 22.5. The molecule has 0 aromatic heterocycles. The molecule has 0 saturated carbocycles. The van der Waals surface area contributed by atoms with E-state index < -0.39 is 11.7 Å². The van der Waals surface area contributed by atoms with E-state index in [9.17, 15) is 14.4 Å². The van der Waals surface area contributed by atoms with Crippen molar-refractivity contribution in [2.45, 2.75) is 32.3 Å². The van der Waals surface area contributed by atoms with Crippen LogP contribution in [-0.4, -0.2) is 66.3 Å². The van der Waals surface area contributed by atoms with Gasteiger partial charge in [0, 0.05) is 43.3 Å². The van der Waals surface area contributed by atoms with E-state index >= 15 is 0 Å². The quantitative estimate of drug-likeness (QED) is 0.467. The summed E-state index contributed by atoms with van der Waals surface area (Å²) in [5.74, 6) is -0.152. The number of carbonyl (C=O) groups is 3. The van der Waals surface area contributed by atoms with E-state index in [2.05, 4.69) is 29.6 Å². The smallest absolute Gasteiger partial charge is 0.412 e. The normalized spacial score (nSPS) is 14.8. The molecule has 39 heavy (non-hydrogen) atoms. The second-order valence-corrected chi connectivity index (χ2v) is 10.8. The number of anilines is 1. The van der Waals surface area contributed by atoms with Crippen LogP contribution < -0.4 is 5.32 Å². The Balaban J connectivity index is 1.15. The highest BCUT2D eigenvalue weighted by Crippen LogP contribution is 2.44. The van der Waals surface area contributed by atoms with Gasteiger partial charge in [-0.3, -0.25) is 10.1 Å². The second-order valence-electron chi connectivity index (χ2n) is 10.8. The molecule has 0 unspecified atom stereocenters. The first-order valence-corrected chi connectivity index (χ1v) is 13.2. The molecule has 3 aromatic rings.